The van der Waals surface area contributed by atoms with Crippen LogP contribution >= 0.6 is 0 Å². The molecule has 1 atom stereocenters. The van der Waals surface area contributed by atoms with Gasteiger partial charge in [0.1, 0.15) is 11.6 Å². The van der Waals surface area contributed by atoms with Gasteiger partial charge in [-0.1, -0.05) is 6.92 Å². The number of halogens is 1. The summed E-state index contributed by atoms with van der Waals surface area (Å²) in [5.74, 6) is 0.988. The van der Waals surface area contributed by atoms with Crippen molar-refractivity contribution in [3.63, 3.8) is 0 Å². The Hall–Kier alpha value is -1.09. The van der Waals surface area contributed by atoms with Crippen LogP contribution in [-0.4, -0.2) is 20.2 Å². The third-order valence-electron chi connectivity index (χ3n) is 2.21. The predicted molar refractivity (Wildman–Crippen MR) is 59.7 cm³/mol. The molecule has 1 rings (SSSR count). The van der Waals surface area contributed by atoms with E-state index in [-0.39, 0.29) is 5.82 Å². The van der Waals surface area contributed by atoms with E-state index in [1.165, 1.54) is 12.1 Å². The molecule has 84 valence electrons. The molecule has 15 heavy (non-hydrogen) atoms. The predicted octanol–water partition coefficient (Wildman–Crippen LogP) is 2.37. The van der Waals surface area contributed by atoms with Gasteiger partial charge in [-0.15, -0.1) is 0 Å². The molecule has 0 heterocycles. The Bertz CT molecular complexity index is 314. The molecule has 1 N–H and O–H groups in total. The third-order valence-corrected chi connectivity index (χ3v) is 2.21. The standard InChI is InChI=1S/C12H18FNO/c1-9(7-14-3)8-15-12-5-4-11(13)6-10(12)2/h4-6,9,14H,7-8H2,1-3H3. The minimum Gasteiger partial charge on any atom is -0.493 e. The Morgan fingerprint density at radius 3 is 2.80 bits per heavy atom. The Kier molecular flexibility index (Phi) is 4.56. The summed E-state index contributed by atoms with van der Waals surface area (Å²) in [4.78, 5) is 0. The first-order chi connectivity index (χ1) is 7.13. The molecule has 1 aromatic rings. The van der Waals surface area contributed by atoms with Crippen LogP contribution in [0.2, 0.25) is 0 Å². The van der Waals surface area contributed by atoms with E-state index >= 15 is 0 Å². The van der Waals surface area contributed by atoms with E-state index in [2.05, 4.69) is 12.2 Å². The highest BCUT2D eigenvalue weighted by atomic mass is 19.1. The van der Waals surface area contributed by atoms with Crippen molar-refractivity contribution < 1.29 is 9.13 Å². The molecule has 0 radical (unpaired) electrons. The summed E-state index contributed by atoms with van der Waals surface area (Å²) in [6, 6.07) is 4.58. The second-order valence-corrected chi connectivity index (χ2v) is 3.88. The summed E-state index contributed by atoms with van der Waals surface area (Å²) >= 11 is 0. The molecule has 0 fully saturated rings. The molecule has 0 saturated carbocycles. The number of rotatable bonds is 5. The van der Waals surface area contributed by atoms with Gasteiger partial charge in [-0.25, -0.2) is 4.39 Å². The van der Waals surface area contributed by atoms with Crippen LogP contribution in [0, 0.1) is 18.7 Å². The van der Waals surface area contributed by atoms with Crippen LogP contribution in [0.5, 0.6) is 5.75 Å². The number of nitrogens with one attached hydrogen (secondary N) is 1. The van der Waals surface area contributed by atoms with E-state index in [9.17, 15) is 4.39 Å². The lowest BCUT2D eigenvalue weighted by atomic mass is 10.2. The summed E-state index contributed by atoms with van der Waals surface area (Å²) < 4.78 is 18.4. The largest absolute Gasteiger partial charge is 0.493 e. The molecule has 0 aliphatic heterocycles. The second kappa shape index (κ2) is 5.71. The van der Waals surface area contributed by atoms with Crippen LogP contribution in [0.25, 0.3) is 0 Å². The zero-order chi connectivity index (χ0) is 11.3. The Morgan fingerprint density at radius 2 is 2.20 bits per heavy atom. The number of ether oxygens (including phenoxy) is 1. The summed E-state index contributed by atoms with van der Waals surface area (Å²) in [6.07, 6.45) is 0. The van der Waals surface area contributed by atoms with E-state index in [1.807, 2.05) is 14.0 Å². The first-order valence-electron chi connectivity index (χ1n) is 5.17. The van der Waals surface area contributed by atoms with Gasteiger partial charge >= 0.3 is 0 Å². The Balaban J connectivity index is 2.50. The molecule has 0 saturated heterocycles. The molecule has 0 aliphatic rings. The van der Waals surface area contributed by atoms with Crippen molar-refractivity contribution in [2.24, 2.45) is 5.92 Å². The molecular weight excluding hydrogens is 193 g/mol. The van der Waals surface area contributed by atoms with Crippen molar-refractivity contribution in [3.05, 3.63) is 29.6 Å². The van der Waals surface area contributed by atoms with E-state index < -0.39 is 0 Å². The lowest BCUT2D eigenvalue weighted by molar-refractivity contribution is 0.256. The summed E-state index contributed by atoms with van der Waals surface area (Å²) in [5.41, 5.74) is 0.839. The highest BCUT2D eigenvalue weighted by Gasteiger charge is 2.04. The zero-order valence-electron chi connectivity index (χ0n) is 9.51. The molecule has 3 heteroatoms. The van der Waals surface area contributed by atoms with Crippen LogP contribution < -0.4 is 10.1 Å². The van der Waals surface area contributed by atoms with Crippen molar-refractivity contribution in [2.45, 2.75) is 13.8 Å². The summed E-state index contributed by atoms with van der Waals surface area (Å²) in [5, 5.41) is 3.09. The van der Waals surface area contributed by atoms with E-state index in [1.54, 1.807) is 6.07 Å². The van der Waals surface area contributed by atoms with Gasteiger partial charge in [-0.3, -0.25) is 0 Å². The van der Waals surface area contributed by atoms with Crippen LogP contribution in [0.3, 0.4) is 0 Å². The molecule has 0 amide bonds. The minimum absolute atomic E-state index is 0.219. The van der Waals surface area contributed by atoms with Gasteiger partial charge in [0.25, 0.3) is 0 Å². The molecular formula is C12H18FNO. The molecule has 0 bridgehead atoms. The fourth-order valence-electron chi connectivity index (χ4n) is 1.41. The topological polar surface area (TPSA) is 21.3 Å². The molecule has 0 aliphatic carbocycles. The van der Waals surface area contributed by atoms with Crippen molar-refractivity contribution in [1.29, 1.82) is 0 Å². The number of hydrogen-bond acceptors (Lipinski definition) is 2. The van der Waals surface area contributed by atoms with Crippen molar-refractivity contribution >= 4 is 0 Å². The van der Waals surface area contributed by atoms with Gasteiger partial charge in [0.2, 0.25) is 0 Å². The van der Waals surface area contributed by atoms with Crippen molar-refractivity contribution in [1.82, 2.24) is 5.32 Å². The maximum Gasteiger partial charge on any atom is 0.123 e. The van der Waals surface area contributed by atoms with Gasteiger partial charge < -0.3 is 10.1 Å². The van der Waals surface area contributed by atoms with E-state index in [4.69, 9.17) is 4.74 Å². The van der Waals surface area contributed by atoms with Gasteiger partial charge in [0.15, 0.2) is 0 Å². The Morgan fingerprint density at radius 1 is 1.47 bits per heavy atom. The van der Waals surface area contributed by atoms with Crippen LogP contribution in [0.4, 0.5) is 4.39 Å². The lowest BCUT2D eigenvalue weighted by Crippen LogP contribution is -2.21. The monoisotopic (exact) mass is 211 g/mol. The quantitative estimate of drug-likeness (QED) is 0.807. The van der Waals surface area contributed by atoms with Gasteiger partial charge in [-0.2, -0.15) is 0 Å². The fraction of sp³-hybridized carbons (Fsp3) is 0.500. The fourth-order valence-corrected chi connectivity index (χ4v) is 1.41. The minimum atomic E-state index is -0.219. The Labute approximate surface area is 90.4 Å². The number of benzene rings is 1. The first kappa shape index (κ1) is 12.0. The van der Waals surface area contributed by atoms with E-state index in [0.29, 0.717) is 12.5 Å². The van der Waals surface area contributed by atoms with Crippen LogP contribution in [0.15, 0.2) is 18.2 Å². The van der Waals surface area contributed by atoms with Gasteiger partial charge in [0, 0.05) is 12.5 Å². The van der Waals surface area contributed by atoms with Gasteiger partial charge in [-0.05, 0) is 37.7 Å². The molecule has 1 unspecified atom stereocenters. The van der Waals surface area contributed by atoms with Crippen LogP contribution in [-0.2, 0) is 0 Å². The third kappa shape index (κ3) is 3.88. The molecule has 0 aromatic heterocycles. The highest BCUT2D eigenvalue weighted by Crippen LogP contribution is 2.18. The number of hydrogen-bond donors (Lipinski definition) is 1. The molecule has 1 aromatic carbocycles. The zero-order valence-corrected chi connectivity index (χ0v) is 9.51. The maximum absolute atomic E-state index is 12.8. The normalized spacial score (nSPS) is 12.5. The van der Waals surface area contributed by atoms with E-state index in [0.717, 1.165) is 17.9 Å². The summed E-state index contributed by atoms with van der Waals surface area (Å²) in [7, 11) is 1.92. The lowest BCUT2D eigenvalue weighted by Gasteiger charge is -2.13. The molecule has 0 spiro atoms. The molecule has 2 nitrogen and oxygen atoms in total. The second-order valence-electron chi connectivity index (χ2n) is 3.88. The van der Waals surface area contributed by atoms with Crippen molar-refractivity contribution in [2.75, 3.05) is 20.2 Å². The smallest absolute Gasteiger partial charge is 0.123 e. The average Bonchev–Trinajstić information content (AvgIpc) is 2.17. The highest BCUT2D eigenvalue weighted by molar-refractivity contribution is 5.32. The summed E-state index contributed by atoms with van der Waals surface area (Å²) in [6.45, 7) is 5.52. The van der Waals surface area contributed by atoms with Gasteiger partial charge in [0.05, 0.1) is 6.61 Å². The SMILES string of the molecule is CNCC(C)COc1ccc(F)cc1C. The first-order valence-corrected chi connectivity index (χ1v) is 5.17. The van der Waals surface area contributed by atoms with Crippen LogP contribution in [0.1, 0.15) is 12.5 Å². The average molecular weight is 211 g/mol. The van der Waals surface area contributed by atoms with Crippen molar-refractivity contribution in [3.8, 4) is 5.75 Å². The maximum atomic E-state index is 12.8. The number of aryl methyl sites for hydroxylation is 1.